The zero-order valence-electron chi connectivity index (χ0n) is 6.28. The summed E-state index contributed by atoms with van der Waals surface area (Å²) in [7, 11) is 0. The second kappa shape index (κ2) is 2.43. The Kier molecular flexibility index (Phi) is 1.62. The molecule has 0 saturated heterocycles. The fraction of sp³-hybridized carbons (Fsp3) is 0.333. The van der Waals surface area contributed by atoms with Crippen LogP contribution < -0.4 is 0 Å². The third-order valence-electron chi connectivity index (χ3n) is 2.20. The number of benzene rings is 1. The van der Waals surface area contributed by atoms with Crippen LogP contribution in [0.25, 0.3) is 0 Å². The summed E-state index contributed by atoms with van der Waals surface area (Å²) >= 11 is 5.76. The van der Waals surface area contributed by atoms with Crippen molar-refractivity contribution in [2.24, 2.45) is 0 Å². The minimum absolute atomic E-state index is 0.105. The molecule has 0 aliphatic heterocycles. The van der Waals surface area contributed by atoms with E-state index in [1.165, 1.54) is 6.07 Å². The molecule has 0 aromatic heterocycles. The standard InChI is InChI=1S/C9H7ClF2/c10-8-3-1-2-7-6(8)4-5-9(7,11)12/h1-3H,4-5H2. The number of halogens is 3. The van der Waals surface area contributed by atoms with Gasteiger partial charge in [0.2, 0.25) is 0 Å². The van der Waals surface area contributed by atoms with Gasteiger partial charge in [-0.15, -0.1) is 0 Å². The van der Waals surface area contributed by atoms with Crippen LogP contribution >= 0.6 is 11.6 Å². The van der Waals surface area contributed by atoms with Gasteiger partial charge in [-0.1, -0.05) is 23.7 Å². The molecule has 0 amide bonds. The zero-order valence-corrected chi connectivity index (χ0v) is 7.04. The highest BCUT2D eigenvalue weighted by Gasteiger charge is 2.39. The molecule has 0 unspecified atom stereocenters. The molecule has 0 atom stereocenters. The first-order valence-electron chi connectivity index (χ1n) is 3.77. The Morgan fingerprint density at radius 3 is 2.75 bits per heavy atom. The van der Waals surface area contributed by atoms with Crippen LogP contribution in [0.4, 0.5) is 8.78 Å². The van der Waals surface area contributed by atoms with Gasteiger partial charge in [-0.2, -0.15) is 0 Å². The molecule has 0 heterocycles. The van der Waals surface area contributed by atoms with Crippen molar-refractivity contribution in [1.82, 2.24) is 0 Å². The summed E-state index contributed by atoms with van der Waals surface area (Å²) in [4.78, 5) is 0. The van der Waals surface area contributed by atoms with E-state index in [0.29, 0.717) is 17.0 Å². The van der Waals surface area contributed by atoms with Gasteiger partial charge in [-0.25, -0.2) is 8.78 Å². The van der Waals surface area contributed by atoms with Crippen molar-refractivity contribution in [3.8, 4) is 0 Å². The molecule has 0 saturated carbocycles. The lowest BCUT2D eigenvalue weighted by atomic mass is 10.1. The predicted octanol–water partition coefficient (Wildman–Crippen LogP) is 3.38. The van der Waals surface area contributed by atoms with Crippen LogP contribution in [-0.2, 0) is 12.3 Å². The lowest BCUT2D eigenvalue weighted by Gasteiger charge is -2.09. The Morgan fingerprint density at radius 2 is 2.08 bits per heavy atom. The predicted molar refractivity (Wildman–Crippen MR) is 43.7 cm³/mol. The van der Waals surface area contributed by atoms with Crippen molar-refractivity contribution in [2.45, 2.75) is 18.8 Å². The van der Waals surface area contributed by atoms with E-state index in [9.17, 15) is 8.78 Å². The first kappa shape index (κ1) is 7.99. The van der Waals surface area contributed by atoms with Gasteiger partial charge >= 0.3 is 0 Å². The Hall–Kier alpha value is -0.630. The summed E-state index contributed by atoms with van der Waals surface area (Å²) in [6.45, 7) is 0. The van der Waals surface area contributed by atoms with Crippen LogP contribution in [0.2, 0.25) is 5.02 Å². The van der Waals surface area contributed by atoms with E-state index in [1.807, 2.05) is 0 Å². The first-order chi connectivity index (χ1) is 5.61. The van der Waals surface area contributed by atoms with Crippen LogP contribution in [0.5, 0.6) is 0 Å². The highest BCUT2D eigenvalue weighted by Crippen LogP contribution is 2.43. The van der Waals surface area contributed by atoms with Gasteiger partial charge < -0.3 is 0 Å². The summed E-state index contributed by atoms with van der Waals surface area (Å²) in [6.07, 6.45) is 0.286. The number of alkyl halides is 2. The molecule has 0 nitrogen and oxygen atoms in total. The van der Waals surface area contributed by atoms with Gasteiger partial charge in [-0.05, 0) is 18.1 Å². The molecule has 64 valence electrons. The van der Waals surface area contributed by atoms with Gasteiger partial charge in [-0.3, -0.25) is 0 Å². The van der Waals surface area contributed by atoms with Gasteiger partial charge in [0.1, 0.15) is 0 Å². The molecule has 0 spiro atoms. The number of hydrogen-bond acceptors (Lipinski definition) is 0. The molecule has 0 bridgehead atoms. The van der Waals surface area contributed by atoms with Crippen molar-refractivity contribution < 1.29 is 8.78 Å². The van der Waals surface area contributed by atoms with Crippen molar-refractivity contribution in [3.05, 3.63) is 34.3 Å². The van der Waals surface area contributed by atoms with E-state index in [-0.39, 0.29) is 12.0 Å². The van der Waals surface area contributed by atoms with Gasteiger partial charge in [0.25, 0.3) is 5.92 Å². The maximum atomic E-state index is 13.1. The van der Waals surface area contributed by atoms with E-state index in [4.69, 9.17) is 11.6 Å². The summed E-state index contributed by atoms with van der Waals surface area (Å²) < 4.78 is 26.1. The largest absolute Gasteiger partial charge is 0.273 e. The first-order valence-corrected chi connectivity index (χ1v) is 4.15. The molecule has 2 rings (SSSR count). The molecule has 1 aromatic carbocycles. The number of rotatable bonds is 0. The number of hydrogen-bond donors (Lipinski definition) is 0. The molecule has 1 aliphatic carbocycles. The molecule has 3 heteroatoms. The molecule has 1 aliphatic rings. The minimum atomic E-state index is -2.67. The van der Waals surface area contributed by atoms with E-state index in [0.717, 1.165) is 0 Å². The second-order valence-corrected chi connectivity index (χ2v) is 3.38. The Labute approximate surface area is 74.2 Å². The molecule has 0 fully saturated rings. The Bertz CT molecular complexity index is 320. The highest BCUT2D eigenvalue weighted by molar-refractivity contribution is 6.31. The molecular weight excluding hydrogens is 182 g/mol. The van der Waals surface area contributed by atoms with E-state index in [2.05, 4.69) is 0 Å². The molecule has 1 aromatic rings. The van der Waals surface area contributed by atoms with Crippen LogP contribution in [-0.4, -0.2) is 0 Å². The monoisotopic (exact) mass is 188 g/mol. The minimum Gasteiger partial charge on any atom is -0.201 e. The van der Waals surface area contributed by atoms with Gasteiger partial charge in [0, 0.05) is 17.0 Å². The maximum absolute atomic E-state index is 13.1. The summed E-state index contributed by atoms with van der Waals surface area (Å²) in [5.74, 6) is -2.67. The fourth-order valence-electron chi connectivity index (χ4n) is 1.57. The topological polar surface area (TPSA) is 0 Å². The molecule has 0 radical (unpaired) electrons. The molecule has 12 heavy (non-hydrogen) atoms. The van der Waals surface area contributed by atoms with Crippen molar-refractivity contribution in [1.29, 1.82) is 0 Å². The van der Waals surface area contributed by atoms with E-state index < -0.39 is 5.92 Å². The fourth-order valence-corrected chi connectivity index (χ4v) is 1.84. The van der Waals surface area contributed by atoms with E-state index in [1.54, 1.807) is 12.1 Å². The summed E-state index contributed by atoms with van der Waals surface area (Å²) in [6, 6.07) is 4.68. The zero-order chi connectivity index (χ0) is 8.77. The van der Waals surface area contributed by atoms with Crippen LogP contribution in [0.15, 0.2) is 18.2 Å². The second-order valence-electron chi connectivity index (χ2n) is 2.97. The SMILES string of the molecule is FC1(F)CCc2c(Cl)cccc21. The quantitative estimate of drug-likeness (QED) is 0.586. The highest BCUT2D eigenvalue weighted by atomic mass is 35.5. The third kappa shape index (κ3) is 1.02. The average molecular weight is 189 g/mol. The van der Waals surface area contributed by atoms with E-state index >= 15 is 0 Å². The normalized spacial score (nSPS) is 19.2. The van der Waals surface area contributed by atoms with Gasteiger partial charge in [0.05, 0.1) is 0 Å². The number of fused-ring (bicyclic) bond motifs is 1. The Balaban J connectivity index is 2.61. The third-order valence-corrected chi connectivity index (χ3v) is 2.56. The average Bonchev–Trinajstić information content (AvgIpc) is 2.30. The summed E-state index contributed by atoms with van der Waals surface area (Å²) in [5, 5.41) is 0.463. The molecular formula is C9H7ClF2. The van der Waals surface area contributed by atoms with Crippen LogP contribution in [0.1, 0.15) is 17.5 Å². The lowest BCUT2D eigenvalue weighted by Crippen LogP contribution is -2.06. The molecule has 0 N–H and O–H groups in total. The lowest BCUT2D eigenvalue weighted by molar-refractivity contribution is -0.00183. The summed E-state index contributed by atoms with van der Waals surface area (Å²) in [5.41, 5.74) is 0.721. The van der Waals surface area contributed by atoms with Crippen LogP contribution in [0, 0.1) is 0 Å². The van der Waals surface area contributed by atoms with Crippen molar-refractivity contribution in [3.63, 3.8) is 0 Å². The van der Waals surface area contributed by atoms with Crippen LogP contribution in [0.3, 0.4) is 0 Å². The van der Waals surface area contributed by atoms with Crippen molar-refractivity contribution in [2.75, 3.05) is 0 Å². The van der Waals surface area contributed by atoms with Gasteiger partial charge in [0.15, 0.2) is 0 Å². The maximum Gasteiger partial charge on any atom is 0.273 e. The van der Waals surface area contributed by atoms with Crippen molar-refractivity contribution >= 4 is 11.6 Å². The Morgan fingerprint density at radius 1 is 1.33 bits per heavy atom. The smallest absolute Gasteiger partial charge is 0.201 e.